The van der Waals surface area contributed by atoms with Gasteiger partial charge in [-0.1, -0.05) is 44.2 Å². The van der Waals surface area contributed by atoms with E-state index >= 15 is 0 Å². The molecule has 0 unspecified atom stereocenters. The third-order valence-electron chi connectivity index (χ3n) is 5.84. The second-order valence-corrected chi connectivity index (χ2v) is 9.15. The van der Waals surface area contributed by atoms with Crippen LogP contribution in [-0.4, -0.2) is 41.3 Å². The SMILES string of the molecule is C[C@@H]1C[C@@H](C)CN(c2cc(N3CCCC3)nc(NC(=S)NCc3ccccc3)n2)C1. The summed E-state index contributed by atoms with van der Waals surface area (Å²) in [4.78, 5) is 14.4. The Bertz CT molecular complexity index is 842. The topological polar surface area (TPSA) is 56.3 Å². The van der Waals surface area contributed by atoms with Gasteiger partial charge in [0.15, 0.2) is 5.11 Å². The lowest BCUT2D eigenvalue weighted by Crippen LogP contribution is -2.39. The normalized spacial score (nSPS) is 21.5. The van der Waals surface area contributed by atoms with E-state index in [1.54, 1.807) is 0 Å². The number of thiocarbonyl (C=S) groups is 1. The maximum absolute atomic E-state index is 5.52. The van der Waals surface area contributed by atoms with Crippen LogP contribution in [0.5, 0.6) is 0 Å². The summed E-state index contributed by atoms with van der Waals surface area (Å²) in [6.45, 7) is 9.51. The van der Waals surface area contributed by atoms with Gasteiger partial charge in [0.25, 0.3) is 0 Å². The molecule has 0 amide bonds. The second-order valence-electron chi connectivity index (χ2n) is 8.75. The Labute approximate surface area is 185 Å². The fourth-order valence-electron chi connectivity index (χ4n) is 4.52. The van der Waals surface area contributed by atoms with Gasteiger partial charge < -0.3 is 20.4 Å². The van der Waals surface area contributed by atoms with Crippen molar-refractivity contribution in [3.63, 3.8) is 0 Å². The molecule has 2 aromatic rings. The summed E-state index contributed by atoms with van der Waals surface area (Å²) in [5, 5.41) is 7.03. The zero-order valence-corrected chi connectivity index (χ0v) is 18.8. The molecule has 0 radical (unpaired) electrons. The first-order chi connectivity index (χ1) is 14.6. The van der Waals surface area contributed by atoms with Crippen LogP contribution in [0.4, 0.5) is 17.6 Å². The molecule has 30 heavy (non-hydrogen) atoms. The molecule has 2 atom stereocenters. The molecule has 2 N–H and O–H groups in total. The number of nitrogens with one attached hydrogen (secondary N) is 2. The summed E-state index contributed by atoms with van der Waals surface area (Å²) in [7, 11) is 0. The van der Waals surface area contributed by atoms with E-state index in [2.05, 4.69) is 52.5 Å². The summed E-state index contributed by atoms with van der Waals surface area (Å²) < 4.78 is 0. The molecule has 0 bridgehead atoms. The number of piperidine rings is 1. The molecule has 2 saturated heterocycles. The highest BCUT2D eigenvalue weighted by Gasteiger charge is 2.25. The van der Waals surface area contributed by atoms with Gasteiger partial charge in [0, 0.05) is 38.8 Å². The smallest absolute Gasteiger partial charge is 0.232 e. The fourth-order valence-corrected chi connectivity index (χ4v) is 4.69. The van der Waals surface area contributed by atoms with Gasteiger partial charge in [0.05, 0.1) is 0 Å². The zero-order valence-electron chi connectivity index (χ0n) is 18.0. The molecule has 7 heteroatoms. The lowest BCUT2D eigenvalue weighted by Gasteiger charge is -2.36. The summed E-state index contributed by atoms with van der Waals surface area (Å²) in [6.07, 6.45) is 3.72. The van der Waals surface area contributed by atoms with E-state index in [0.717, 1.165) is 37.8 Å². The highest BCUT2D eigenvalue weighted by molar-refractivity contribution is 7.80. The maximum Gasteiger partial charge on any atom is 0.232 e. The Morgan fingerprint density at radius 3 is 2.30 bits per heavy atom. The van der Waals surface area contributed by atoms with Crippen LogP contribution in [0.3, 0.4) is 0 Å². The van der Waals surface area contributed by atoms with Crippen LogP contribution < -0.4 is 20.4 Å². The molecule has 0 saturated carbocycles. The Hall–Kier alpha value is -2.41. The van der Waals surface area contributed by atoms with Gasteiger partial charge in [-0.05, 0) is 48.9 Å². The van der Waals surface area contributed by atoms with Gasteiger partial charge in [0.1, 0.15) is 11.6 Å². The van der Waals surface area contributed by atoms with Gasteiger partial charge in [-0.25, -0.2) is 0 Å². The van der Waals surface area contributed by atoms with E-state index in [0.29, 0.717) is 29.4 Å². The van der Waals surface area contributed by atoms with E-state index in [9.17, 15) is 0 Å². The molecule has 6 nitrogen and oxygen atoms in total. The number of anilines is 3. The Balaban J connectivity index is 1.50. The number of hydrogen-bond donors (Lipinski definition) is 2. The van der Waals surface area contributed by atoms with E-state index in [4.69, 9.17) is 22.2 Å². The van der Waals surface area contributed by atoms with Crippen LogP contribution in [-0.2, 0) is 6.54 Å². The van der Waals surface area contributed by atoms with E-state index in [-0.39, 0.29) is 0 Å². The van der Waals surface area contributed by atoms with Crippen LogP contribution in [0.25, 0.3) is 0 Å². The van der Waals surface area contributed by atoms with Crippen LogP contribution in [0, 0.1) is 11.8 Å². The first-order valence-electron chi connectivity index (χ1n) is 11.0. The summed E-state index contributed by atoms with van der Waals surface area (Å²) >= 11 is 5.52. The number of rotatable bonds is 5. The predicted molar refractivity (Wildman–Crippen MR) is 128 cm³/mol. The average molecular weight is 425 g/mol. The van der Waals surface area contributed by atoms with Crippen LogP contribution in [0.2, 0.25) is 0 Å². The minimum Gasteiger partial charge on any atom is -0.358 e. The number of benzene rings is 1. The van der Waals surface area contributed by atoms with Crippen molar-refractivity contribution in [1.82, 2.24) is 15.3 Å². The molecule has 0 spiro atoms. The third-order valence-corrected chi connectivity index (χ3v) is 6.09. The summed E-state index contributed by atoms with van der Waals surface area (Å²) in [5.41, 5.74) is 1.19. The van der Waals surface area contributed by atoms with Crippen molar-refractivity contribution in [2.75, 3.05) is 41.3 Å². The lowest BCUT2D eigenvalue weighted by molar-refractivity contribution is 0.355. The molecule has 0 aliphatic carbocycles. The second kappa shape index (κ2) is 9.60. The zero-order chi connectivity index (χ0) is 20.9. The minimum atomic E-state index is 0.545. The Morgan fingerprint density at radius 2 is 1.63 bits per heavy atom. The van der Waals surface area contributed by atoms with Crippen LogP contribution >= 0.6 is 12.2 Å². The van der Waals surface area contributed by atoms with Crippen LogP contribution in [0.15, 0.2) is 36.4 Å². The van der Waals surface area contributed by atoms with Gasteiger partial charge in [-0.2, -0.15) is 9.97 Å². The van der Waals surface area contributed by atoms with Crippen molar-refractivity contribution in [2.45, 2.75) is 39.7 Å². The standard InChI is InChI=1S/C23H32N6S/c1-17-12-18(2)16-29(15-17)21-13-20(28-10-6-7-11-28)25-22(26-21)27-23(30)24-14-19-8-4-3-5-9-19/h3-5,8-9,13,17-18H,6-7,10-12,14-16H2,1-2H3,(H2,24,25,26,27,30)/t17-,18-/m1/s1. The van der Waals surface area contributed by atoms with Crippen LogP contribution in [0.1, 0.15) is 38.7 Å². The Morgan fingerprint density at radius 1 is 1.00 bits per heavy atom. The highest BCUT2D eigenvalue weighted by Crippen LogP contribution is 2.29. The van der Waals surface area contributed by atoms with Crippen molar-refractivity contribution in [2.24, 2.45) is 11.8 Å². The van der Waals surface area contributed by atoms with Gasteiger partial charge in [-0.15, -0.1) is 0 Å². The number of nitrogens with zero attached hydrogens (tertiary/aromatic N) is 4. The van der Waals surface area contributed by atoms with Crippen molar-refractivity contribution < 1.29 is 0 Å². The van der Waals surface area contributed by atoms with Gasteiger partial charge in [0.2, 0.25) is 5.95 Å². The largest absolute Gasteiger partial charge is 0.358 e. The molecular formula is C23H32N6S. The van der Waals surface area contributed by atoms with Crippen molar-refractivity contribution in [1.29, 1.82) is 0 Å². The van der Waals surface area contributed by atoms with Gasteiger partial charge >= 0.3 is 0 Å². The lowest BCUT2D eigenvalue weighted by atomic mass is 9.92. The molecule has 2 aliphatic rings. The predicted octanol–water partition coefficient (Wildman–Crippen LogP) is 4.05. The van der Waals surface area contributed by atoms with Crippen molar-refractivity contribution in [3.8, 4) is 0 Å². The molecule has 1 aromatic heterocycles. The van der Waals surface area contributed by atoms with Gasteiger partial charge in [-0.3, -0.25) is 0 Å². The molecule has 4 rings (SSSR count). The Kier molecular flexibility index (Phi) is 6.67. The van der Waals surface area contributed by atoms with Crippen molar-refractivity contribution >= 4 is 34.9 Å². The average Bonchev–Trinajstić information content (AvgIpc) is 3.27. The molecule has 1 aromatic carbocycles. The molecule has 2 aliphatic heterocycles. The molecule has 3 heterocycles. The molecular weight excluding hydrogens is 392 g/mol. The highest BCUT2D eigenvalue weighted by atomic mass is 32.1. The molecule has 160 valence electrons. The van der Waals surface area contributed by atoms with E-state index in [1.165, 1.54) is 24.8 Å². The first-order valence-corrected chi connectivity index (χ1v) is 11.5. The summed E-state index contributed by atoms with van der Waals surface area (Å²) in [5.74, 6) is 3.91. The first kappa shape index (κ1) is 20.8. The third kappa shape index (κ3) is 5.39. The van der Waals surface area contributed by atoms with E-state index in [1.807, 2.05) is 18.2 Å². The quantitative estimate of drug-likeness (QED) is 0.703. The fraction of sp³-hybridized carbons (Fsp3) is 0.522. The number of hydrogen-bond acceptors (Lipinski definition) is 5. The minimum absolute atomic E-state index is 0.545. The monoisotopic (exact) mass is 424 g/mol. The number of aromatic nitrogens is 2. The summed E-state index contributed by atoms with van der Waals surface area (Å²) in [6, 6.07) is 12.4. The molecule has 2 fully saturated rings. The maximum atomic E-state index is 5.52. The van der Waals surface area contributed by atoms with Crippen molar-refractivity contribution in [3.05, 3.63) is 42.0 Å². The van der Waals surface area contributed by atoms with E-state index < -0.39 is 0 Å².